The first-order chi connectivity index (χ1) is 13.7. The Morgan fingerprint density at radius 2 is 2.14 bits per heavy atom. The number of nitrogens with one attached hydrogen (secondary N) is 1. The number of ether oxygens (including phenoxy) is 1. The summed E-state index contributed by atoms with van der Waals surface area (Å²) in [6.45, 7) is 2.81. The summed E-state index contributed by atoms with van der Waals surface area (Å²) in [7, 11) is 0. The highest BCUT2D eigenvalue weighted by Crippen LogP contribution is 2.16. The Labute approximate surface area is 166 Å². The lowest BCUT2D eigenvalue weighted by molar-refractivity contribution is 0.0953. The highest BCUT2D eigenvalue weighted by Gasteiger charge is 2.09. The molecule has 0 bridgehead atoms. The molecule has 4 aromatic rings. The minimum Gasteiger partial charge on any atom is -0.487 e. The fraction of sp³-hybridized carbons (Fsp3) is 0.200. The summed E-state index contributed by atoms with van der Waals surface area (Å²) in [6.07, 6.45) is 2.51. The third-order valence-corrected chi connectivity index (χ3v) is 4.99. The van der Waals surface area contributed by atoms with Crippen LogP contribution >= 0.6 is 11.3 Å². The molecule has 4 rings (SSSR count). The predicted molar refractivity (Wildman–Crippen MR) is 107 cm³/mol. The molecule has 8 heteroatoms. The summed E-state index contributed by atoms with van der Waals surface area (Å²) in [5.74, 6) is 1.30. The summed E-state index contributed by atoms with van der Waals surface area (Å²) in [6, 6.07) is 12.9. The molecule has 0 atom stereocenters. The van der Waals surface area contributed by atoms with E-state index in [0.29, 0.717) is 30.9 Å². The van der Waals surface area contributed by atoms with E-state index in [4.69, 9.17) is 4.74 Å². The van der Waals surface area contributed by atoms with E-state index in [-0.39, 0.29) is 5.91 Å². The maximum absolute atomic E-state index is 12.4. The minimum atomic E-state index is -0.149. The molecule has 3 heterocycles. The van der Waals surface area contributed by atoms with Gasteiger partial charge < -0.3 is 10.1 Å². The number of amides is 1. The molecule has 0 saturated heterocycles. The second-order valence-electron chi connectivity index (χ2n) is 6.23. The van der Waals surface area contributed by atoms with Crippen molar-refractivity contribution in [2.75, 3.05) is 6.54 Å². The van der Waals surface area contributed by atoms with Gasteiger partial charge in [0, 0.05) is 30.1 Å². The Balaban J connectivity index is 1.33. The second-order valence-corrected chi connectivity index (χ2v) is 7.29. The van der Waals surface area contributed by atoms with Crippen molar-refractivity contribution >= 4 is 22.9 Å². The number of hydrogen-bond donors (Lipinski definition) is 1. The van der Waals surface area contributed by atoms with Crippen molar-refractivity contribution in [1.82, 2.24) is 24.9 Å². The van der Waals surface area contributed by atoms with Crippen LogP contribution in [0.1, 0.15) is 26.9 Å². The minimum absolute atomic E-state index is 0.149. The highest BCUT2D eigenvalue weighted by atomic mass is 32.1. The summed E-state index contributed by atoms with van der Waals surface area (Å²) >= 11 is 1.59. The lowest BCUT2D eigenvalue weighted by Crippen LogP contribution is -2.26. The average molecular weight is 393 g/mol. The normalized spacial score (nSPS) is 10.9. The van der Waals surface area contributed by atoms with Gasteiger partial charge in [-0.15, -0.1) is 21.5 Å². The summed E-state index contributed by atoms with van der Waals surface area (Å²) in [4.78, 5) is 16.8. The van der Waals surface area contributed by atoms with Crippen molar-refractivity contribution in [2.24, 2.45) is 0 Å². The molecule has 3 aromatic heterocycles. The van der Waals surface area contributed by atoms with Gasteiger partial charge in [-0.25, -0.2) is 4.98 Å². The van der Waals surface area contributed by atoms with Crippen LogP contribution in [-0.4, -0.2) is 32.0 Å². The number of benzene rings is 1. The fourth-order valence-corrected chi connectivity index (χ4v) is 3.41. The number of rotatable bonds is 7. The summed E-state index contributed by atoms with van der Waals surface area (Å²) < 4.78 is 7.67. The molecule has 0 aliphatic rings. The Morgan fingerprint density at radius 1 is 1.21 bits per heavy atom. The number of fused-ring (bicyclic) bond motifs is 1. The third kappa shape index (κ3) is 4.17. The molecular formula is C20H19N5O2S. The van der Waals surface area contributed by atoms with Crippen molar-refractivity contribution < 1.29 is 9.53 Å². The molecule has 0 spiro atoms. The number of hydrogen-bond acceptors (Lipinski definition) is 6. The van der Waals surface area contributed by atoms with Crippen LogP contribution in [0.15, 0.2) is 54.0 Å². The van der Waals surface area contributed by atoms with E-state index in [2.05, 4.69) is 20.5 Å². The molecular weight excluding hydrogens is 374 g/mol. The predicted octanol–water partition coefficient (Wildman–Crippen LogP) is 3.05. The molecule has 1 aromatic carbocycles. The fourth-order valence-electron chi connectivity index (χ4n) is 2.81. The molecule has 1 N–H and O–H groups in total. The van der Waals surface area contributed by atoms with Gasteiger partial charge in [0.2, 0.25) is 0 Å². The lowest BCUT2D eigenvalue weighted by Gasteiger charge is -2.08. The van der Waals surface area contributed by atoms with Gasteiger partial charge in [0.25, 0.3) is 5.91 Å². The van der Waals surface area contributed by atoms with E-state index in [1.54, 1.807) is 23.5 Å². The van der Waals surface area contributed by atoms with Crippen molar-refractivity contribution in [1.29, 1.82) is 0 Å². The van der Waals surface area contributed by atoms with Gasteiger partial charge in [0.1, 0.15) is 18.2 Å². The van der Waals surface area contributed by atoms with E-state index < -0.39 is 0 Å². The zero-order valence-corrected chi connectivity index (χ0v) is 16.1. The first kappa shape index (κ1) is 18.1. The number of aryl methyl sites for hydroxylation is 1. The van der Waals surface area contributed by atoms with Crippen LogP contribution in [0.3, 0.4) is 0 Å². The number of carbonyl (C=O) groups is 1. The molecule has 142 valence electrons. The molecule has 1 amide bonds. The Bertz CT molecular complexity index is 1100. The maximum Gasteiger partial charge on any atom is 0.251 e. The Hall–Kier alpha value is -3.26. The van der Waals surface area contributed by atoms with Crippen molar-refractivity contribution in [3.05, 3.63) is 76.1 Å². The second kappa shape index (κ2) is 8.18. The largest absolute Gasteiger partial charge is 0.487 e. The monoisotopic (exact) mass is 393 g/mol. The molecule has 0 aliphatic carbocycles. The van der Waals surface area contributed by atoms with E-state index in [1.807, 2.05) is 53.2 Å². The highest BCUT2D eigenvalue weighted by molar-refractivity contribution is 7.09. The number of thiazole rings is 1. The van der Waals surface area contributed by atoms with Crippen LogP contribution < -0.4 is 10.1 Å². The van der Waals surface area contributed by atoms with Gasteiger partial charge in [-0.1, -0.05) is 12.1 Å². The average Bonchev–Trinajstić information content (AvgIpc) is 3.33. The first-order valence-corrected chi connectivity index (χ1v) is 9.78. The van der Waals surface area contributed by atoms with Crippen molar-refractivity contribution in [3.8, 4) is 5.75 Å². The quantitative estimate of drug-likeness (QED) is 0.522. The first-order valence-electron chi connectivity index (χ1n) is 8.90. The number of pyridine rings is 1. The third-order valence-electron chi connectivity index (χ3n) is 4.17. The zero-order valence-electron chi connectivity index (χ0n) is 15.3. The van der Waals surface area contributed by atoms with Crippen molar-refractivity contribution in [2.45, 2.75) is 20.0 Å². The SMILES string of the molecule is Cc1nc(COc2cccc(C(=O)NCCc3nnc4ccccn34)c2)cs1. The van der Waals surface area contributed by atoms with Gasteiger partial charge >= 0.3 is 0 Å². The molecule has 0 fully saturated rings. The van der Waals surface area contributed by atoms with Gasteiger partial charge in [-0.2, -0.15) is 0 Å². The van der Waals surface area contributed by atoms with Crippen molar-refractivity contribution in [3.63, 3.8) is 0 Å². The zero-order chi connectivity index (χ0) is 19.3. The Kier molecular flexibility index (Phi) is 5.29. The van der Waals surface area contributed by atoms with Crippen LogP contribution in [0, 0.1) is 6.92 Å². The standard InChI is InChI=1S/C20H19N5O2S/c1-14-22-16(13-28-14)12-27-17-6-4-5-15(11-17)20(26)21-9-8-19-24-23-18-7-2-3-10-25(18)19/h2-7,10-11,13H,8-9,12H2,1H3,(H,21,26). The lowest BCUT2D eigenvalue weighted by atomic mass is 10.2. The van der Waals surface area contributed by atoms with Crippen LogP contribution in [-0.2, 0) is 13.0 Å². The van der Waals surface area contributed by atoms with Gasteiger partial charge in [-0.05, 0) is 37.3 Å². The molecule has 0 radical (unpaired) electrons. The molecule has 0 aliphatic heterocycles. The smallest absolute Gasteiger partial charge is 0.251 e. The van der Waals surface area contributed by atoms with E-state index in [1.165, 1.54) is 0 Å². The number of nitrogens with zero attached hydrogens (tertiary/aromatic N) is 4. The molecule has 28 heavy (non-hydrogen) atoms. The van der Waals surface area contributed by atoms with Gasteiger partial charge in [-0.3, -0.25) is 9.20 Å². The Morgan fingerprint density at radius 3 is 3.00 bits per heavy atom. The van der Waals surface area contributed by atoms with Crippen LogP contribution in [0.4, 0.5) is 0 Å². The van der Waals surface area contributed by atoms with Crippen LogP contribution in [0.5, 0.6) is 5.75 Å². The van der Waals surface area contributed by atoms with Crippen LogP contribution in [0.25, 0.3) is 5.65 Å². The molecule has 7 nitrogen and oxygen atoms in total. The molecule has 0 unspecified atom stereocenters. The molecule has 0 saturated carbocycles. The summed E-state index contributed by atoms with van der Waals surface area (Å²) in [5, 5.41) is 14.2. The van der Waals surface area contributed by atoms with Gasteiger partial charge in [0.05, 0.1) is 10.7 Å². The number of carbonyl (C=O) groups excluding carboxylic acids is 1. The summed E-state index contributed by atoms with van der Waals surface area (Å²) in [5.41, 5.74) is 2.24. The van der Waals surface area contributed by atoms with Gasteiger partial charge in [0.15, 0.2) is 5.65 Å². The van der Waals surface area contributed by atoms with E-state index in [0.717, 1.165) is 22.2 Å². The number of aromatic nitrogens is 4. The van der Waals surface area contributed by atoms with E-state index in [9.17, 15) is 4.79 Å². The van der Waals surface area contributed by atoms with Crippen LogP contribution in [0.2, 0.25) is 0 Å². The maximum atomic E-state index is 12.4. The topological polar surface area (TPSA) is 81.4 Å². The van der Waals surface area contributed by atoms with E-state index >= 15 is 0 Å².